The molecule has 2 fully saturated rings. The van der Waals surface area contributed by atoms with Crippen LogP contribution in [-0.2, 0) is 9.47 Å². The number of carbonyl (C=O) groups is 1. The Morgan fingerprint density at radius 3 is 2.79 bits per heavy atom. The zero-order valence-corrected chi connectivity index (χ0v) is 12.3. The average Bonchev–Trinajstić information content (AvgIpc) is 2.31. The van der Waals surface area contributed by atoms with Crippen molar-refractivity contribution in [1.29, 1.82) is 0 Å². The third kappa shape index (κ3) is 3.39. The number of morpholine rings is 1. The molecular formula is C14H26N2O3. The van der Waals surface area contributed by atoms with Crippen LogP contribution < -0.4 is 5.73 Å². The summed E-state index contributed by atoms with van der Waals surface area (Å²) in [6.45, 7) is 7.34. The highest BCUT2D eigenvalue weighted by Gasteiger charge is 2.45. The number of nitrogens with zero attached hydrogens (tertiary/aromatic N) is 1. The Bertz CT molecular complexity index is 336. The second-order valence-electron chi connectivity index (χ2n) is 6.67. The van der Waals surface area contributed by atoms with E-state index in [0.29, 0.717) is 19.7 Å². The van der Waals surface area contributed by atoms with Gasteiger partial charge >= 0.3 is 6.09 Å². The summed E-state index contributed by atoms with van der Waals surface area (Å²) >= 11 is 0. The first kappa shape index (κ1) is 14.6. The molecule has 0 aromatic rings. The van der Waals surface area contributed by atoms with Crippen molar-refractivity contribution in [3.63, 3.8) is 0 Å². The van der Waals surface area contributed by atoms with Gasteiger partial charge in [-0.3, -0.25) is 0 Å². The molecule has 2 atom stereocenters. The van der Waals surface area contributed by atoms with Gasteiger partial charge in [-0.1, -0.05) is 12.8 Å². The fourth-order valence-electron chi connectivity index (χ4n) is 2.90. The lowest BCUT2D eigenvalue weighted by Gasteiger charge is -2.48. The topological polar surface area (TPSA) is 64.8 Å². The molecule has 0 unspecified atom stereocenters. The predicted octanol–water partition coefficient (Wildman–Crippen LogP) is 1.89. The molecule has 0 radical (unpaired) electrons. The molecule has 2 rings (SSSR count). The minimum atomic E-state index is -0.461. The van der Waals surface area contributed by atoms with Crippen molar-refractivity contribution in [3.05, 3.63) is 0 Å². The third-order valence-electron chi connectivity index (χ3n) is 3.90. The van der Waals surface area contributed by atoms with Gasteiger partial charge in [0, 0.05) is 12.6 Å². The highest BCUT2D eigenvalue weighted by atomic mass is 16.6. The number of hydrogen-bond donors (Lipinski definition) is 1. The van der Waals surface area contributed by atoms with E-state index in [1.165, 1.54) is 0 Å². The van der Waals surface area contributed by atoms with E-state index in [0.717, 1.165) is 25.7 Å². The fraction of sp³-hybridized carbons (Fsp3) is 0.929. The second kappa shape index (κ2) is 5.29. The van der Waals surface area contributed by atoms with Gasteiger partial charge in [0.15, 0.2) is 0 Å². The third-order valence-corrected chi connectivity index (χ3v) is 3.90. The molecule has 5 heteroatoms. The molecule has 5 nitrogen and oxygen atoms in total. The molecule has 1 aliphatic heterocycles. The van der Waals surface area contributed by atoms with Gasteiger partial charge in [-0.05, 0) is 33.6 Å². The van der Waals surface area contributed by atoms with Crippen LogP contribution in [0, 0.1) is 0 Å². The van der Waals surface area contributed by atoms with Crippen molar-refractivity contribution < 1.29 is 14.3 Å². The van der Waals surface area contributed by atoms with Crippen LogP contribution in [0.25, 0.3) is 0 Å². The van der Waals surface area contributed by atoms with Crippen LogP contribution in [0.15, 0.2) is 0 Å². The molecule has 1 aliphatic carbocycles. The first-order chi connectivity index (χ1) is 8.82. The number of nitrogens with two attached hydrogens (primary N) is 1. The molecule has 2 N–H and O–H groups in total. The summed E-state index contributed by atoms with van der Waals surface area (Å²) in [6, 6.07) is 0.0199. The van der Waals surface area contributed by atoms with Crippen molar-refractivity contribution in [2.75, 3.05) is 19.7 Å². The van der Waals surface area contributed by atoms with Crippen molar-refractivity contribution in [1.82, 2.24) is 4.90 Å². The molecule has 1 saturated carbocycles. The van der Waals surface area contributed by atoms with Crippen LogP contribution in [0.3, 0.4) is 0 Å². The molecule has 1 saturated heterocycles. The lowest BCUT2D eigenvalue weighted by atomic mass is 9.79. The highest BCUT2D eigenvalue weighted by Crippen LogP contribution is 2.34. The van der Waals surface area contributed by atoms with E-state index in [1.54, 1.807) is 4.90 Å². The Kier molecular flexibility index (Phi) is 4.06. The zero-order valence-electron chi connectivity index (χ0n) is 12.3. The molecule has 1 spiro atoms. The number of rotatable bonds is 0. The predicted molar refractivity (Wildman–Crippen MR) is 72.9 cm³/mol. The van der Waals surface area contributed by atoms with Gasteiger partial charge in [-0.15, -0.1) is 0 Å². The lowest BCUT2D eigenvalue weighted by molar-refractivity contribution is -0.134. The van der Waals surface area contributed by atoms with E-state index in [4.69, 9.17) is 15.2 Å². The summed E-state index contributed by atoms with van der Waals surface area (Å²) in [5.74, 6) is 0. The first-order valence-corrected chi connectivity index (χ1v) is 7.20. The van der Waals surface area contributed by atoms with Crippen molar-refractivity contribution in [3.8, 4) is 0 Å². The molecule has 110 valence electrons. The molecule has 0 aromatic carbocycles. The van der Waals surface area contributed by atoms with Gasteiger partial charge in [-0.2, -0.15) is 0 Å². The second-order valence-corrected chi connectivity index (χ2v) is 6.67. The molecule has 1 heterocycles. The quantitative estimate of drug-likeness (QED) is 0.730. The van der Waals surface area contributed by atoms with Gasteiger partial charge in [0.1, 0.15) is 11.2 Å². The normalized spacial score (nSPS) is 32.4. The summed E-state index contributed by atoms with van der Waals surface area (Å²) < 4.78 is 11.4. The average molecular weight is 270 g/mol. The molecule has 0 bridgehead atoms. The summed E-state index contributed by atoms with van der Waals surface area (Å²) in [7, 11) is 0. The maximum absolute atomic E-state index is 12.2. The lowest BCUT2D eigenvalue weighted by Crippen LogP contribution is -2.63. The molecule has 2 aliphatic rings. The SMILES string of the molecule is CC(C)(C)OC(=O)N1CCO[C@]2(CCCC[C@@H]2N)C1. The number of hydrogen-bond acceptors (Lipinski definition) is 4. The van der Waals surface area contributed by atoms with E-state index in [2.05, 4.69) is 0 Å². The maximum atomic E-state index is 12.2. The van der Waals surface area contributed by atoms with Crippen LogP contribution in [-0.4, -0.2) is 47.9 Å². The van der Waals surface area contributed by atoms with Crippen LogP contribution >= 0.6 is 0 Å². The minimum absolute atomic E-state index is 0.0199. The Balaban J connectivity index is 2.02. The molecular weight excluding hydrogens is 244 g/mol. The van der Waals surface area contributed by atoms with E-state index in [-0.39, 0.29) is 17.7 Å². The smallest absolute Gasteiger partial charge is 0.410 e. The fourth-order valence-corrected chi connectivity index (χ4v) is 2.90. The van der Waals surface area contributed by atoms with Crippen molar-refractivity contribution in [2.24, 2.45) is 5.73 Å². The largest absolute Gasteiger partial charge is 0.444 e. The summed E-state index contributed by atoms with van der Waals surface area (Å²) in [6.07, 6.45) is 3.93. The van der Waals surface area contributed by atoms with Crippen molar-refractivity contribution in [2.45, 2.75) is 63.7 Å². The summed E-state index contributed by atoms with van der Waals surface area (Å²) in [5.41, 5.74) is 5.42. The maximum Gasteiger partial charge on any atom is 0.410 e. The Morgan fingerprint density at radius 1 is 1.42 bits per heavy atom. The van der Waals surface area contributed by atoms with E-state index >= 15 is 0 Å². The Hall–Kier alpha value is -0.810. The Labute approximate surface area is 115 Å². The van der Waals surface area contributed by atoms with Gasteiger partial charge in [0.2, 0.25) is 0 Å². The molecule has 19 heavy (non-hydrogen) atoms. The monoisotopic (exact) mass is 270 g/mol. The summed E-state index contributed by atoms with van der Waals surface area (Å²) in [5, 5.41) is 0. The first-order valence-electron chi connectivity index (χ1n) is 7.20. The van der Waals surface area contributed by atoms with E-state index < -0.39 is 5.60 Å². The van der Waals surface area contributed by atoms with E-state index in [1.807, 2.05) is 20.8 Å². The standard InChI is InChI=1S/C14H26N2O3/c1-13(2,3)19-12(17)16-8-9-18-14(10-16)7-5-4-6-11(14)15/h11H,4-10,15H2,1-3H3/t11-,14+/m0/s1. The Morgan fingerprint density at radius 2 is 2.16 bits per heavy atom. The van der Waals surface area contributed by atoms with Gasteiger partial charge in [0.25, 0.3) is 0 Å². The van der Waals surface area contributed by atoms with Crippen LogP contribution in [0.2, 0.25) is 0 Å². The van der Waals surface area contributed by atoms with Gasteiger partial charge in [0.05, 0.1) is 13.2 Å². The van der Waals surface area contributed by atoms with Crippen LogP contribution in [0.5, 0.6) is 0 Å². The van der Waals surface area contributed by atoms with E-state index in [9.17, 15) is 4.79 Å². The molecule has 1 amide bonds. The molecule has 0 aromatic heterocycles. The highest BCUT2D eigenvalue weighted by molar-refractivity contribution is 5.68. The van der Waals surface area contributed by atoms with Crippen LogP contribution in [0.4, 0.5) is 4.79 Å². The zero-order chi connectivity index (χ0) is 14.1. The van der Waals surface area contributed by atoms with Crippen LogP contribution in [0.1, 0.15) is 46.5 Å². The number of ether oxygens (including phenoxy) is 2. The van der Waals surface area contributed by atoms with Gasteiger partial charge < -0.3 is 20.1 Å². The minimum Gasteiger partial charge on any atom is -0.444 e. The van der Waals surface area contributed by atoms with Crippen molar-refractivity contribution >= 4 is 6.09 Å². The van der Waals surface area contributed by atoms with Gasteiger partial charge in [-0.25, -0.2) is 4.79 Å². The number of amides is 1. The number of carbonyl (C=O) groups excluding carboxylic acids is 1. The summed E-state index contributed by atoms with van der Waals surface area (Å²) in [4.78, 5) is 13.9.